The van der Waals surface area contributed by atoms with Crippen molar-refractivity contribution >= 4 is 22.4 Å². The van der Waals surface area contributed by atoms with Gasteiger partial charge in [-0.15, -0.1) is 0 Å². The van der Waals surface area contributed by atoms with E-state index >= 15 is 0 Å². The highest BCUT2D eigenvalue weighted by Gasteiger charge is 2.37. The van der Waals surface area contributed by atoms with E-state index in [-0.39, 0.29) is 0 Å². The van der Waals surface area contributed by atoms with Crippen molar-refractivity contribution in [3.8, 4) is 0 Å². The number of carbonyl (C=O) groups is 1. The average molecular weight is 180 g/mol. The highest BCUT2D eigenvalue weighted by Crippen LogP contribution is 2.43. The van der Waals surface area contributed by atoms with Crippen molar-refractivity contribution in [3.05, 3.63) is 0 Å². The number of alkyl halides is 3. The zero-order chi connectivity index (χ0) is 7.49. The van der Waals surface area contributed by atoms with E-state index in [0.717, 1.165) is 0 Å². The van der Waals surface area contributed by atoms with E-state index in [1.807, 2.05) is 0 Å². The molecule has 0 spiro atoms. The Bertz CT molecular complexity index is 110. The lowest BCUT2D eigenvalue weighted by Crippen LogP contribution is -2.16. The van der Waals surface area contributed by atoms with Crippen LogP contribution in [0.1, 0.15) is 0 Å². The molecule has 9 heavy (non-hydrogen) atoms. The predicted octanol–water partition coefficient (Wildman–Crippen LogP) is 2.23. The standard InChI is InChI=1S/C2H2F4OP2/c3-2(4,5)1(7)8-9-6/h8-9H. The average Bonchev–Trinajstić information content (AvgIpc) is 1.64. The summed E-state index contributed by atoms with van der Waals surface area (Å²) in [5.41, 5.74) is -1.97. The van der Waals surface area contributed by atoms with Gasteiger partial charge in [-0.25, -0.2) is 4.20 Å². The maximum Gasteiger partial charge on any atom is 0.454 e. The number of carbonyl (C=O) groups excluding carboxylic acids is 1. The highest BCUT2D eigenvalue weighted by atomic mass is 32.0. The fourth-order valence-electron chi connectivity index (χ4n) is 0.114. The van der Waals surface area contributed by atoms with Crippen LogP contribution in [-0.2, 0) is 4.79 Å². The van der Waals surface area contributed by atoms with Crippen LogP contribution in [-0.4, -0.2) is 11.7 Å². The Labute approximate surface area is 51.8 Å². The Hall–Kier alpha value is 0.250. The molecule has 0 aromatic heterocycles. The van der Waals surface area contributed by atoms with Crippen LogP contribution in [0.2, 0.25) is 0 Å². The van der Waals surface area contributed by atoms with Gasteiger partial charge >= 0.3 is 6.18 Å². The van der Waals surface area contributed by atoms with Crippen molar-refractivity contribution in [2.45, 2.75) is 6.18 Å². The van der Waals surface area contributed by atoms with Crippen LogP contribution >= 0.6 is 16.8 Å². The lowest BCUT2D eigenvalue weighted by Gasteiger charge is -2.00. The van der Waals surface area contributed by atoms with Crippen LogP contribution in [0.4, 0.5) is 17.4 Å². The zero-order valence-corrected chi connectivity index (χ0v) is 5.92. The summed E-state index contributed by atoms with van der Waals surface area (Å²) in [7, 11) is -2.69. The molecule has 0 aliphatic rings. The third kappa shape index (κ3) is 3.77. The van der Waals surface area contributed by atoms with Crippen molar-refractivity contribution in [3.63, 3.8) is 0 Å². The molecule has 0 fully saturated rings. The summed E-state index contributed by atoms with van der Waals surface area (Å²) in [6.07, 6.45) is -4.85. The van der Waals surface area contributed by atoms with E-state index in [1.165, 1.54) is 0 Å². The minimum atomic E-state index is -4.85. The van der Waals surface area contributed by atoms with E-state index in [2.05, 4.69) is 0 Å². The molecule has 0 aromatic rings. The zero-order valence-electron chi connectivity index (χ0n) is 3.92. The van der Waals surface area contributed by atoms with Crippen LogP contribution < -0.4 is 0 Å². The fourth-order valence-corrected chi connectivity index (χ4v) is 1.02. The smallest absolute Gasteiger partial charge is 0.284 e. The number of rotatable bonds is 2. The second-order valence-corrected chi connectivity index (χ2v) is 3.26. The van der Waals surface area contributed by atoms with Crippen molar-refractivity contribution in [1.29, 1.82) is 0 Å². The Morgan fingerprint density at radius 3 is 1.89 bits per heavy atom. The van der Waals surface area contributed by atoms with Gasteiger partial charge in [0.15, 0.2) is 0 Å². The molecular formula is C2H2F4OP2. The first-order valence-corrected chi connectivity index (χ1v) is 4.59. The molecule has 0 saturated heterocycles. The van der Waals surface area contributed by atoms with Crippen LogP contribution in [0.3, 0.4) is 0 Å². The molecule has 0 saturated carbocycles. The molecule has 2 unspecified atom stereocenters. The molecule has 0 heterocycles. The SMILES string of the molecule is O=C(PPF)C(F)(F)F. The summed E-state index contributed by atoms with van der Waals surface area (Å²) in [6.45, 7) is 0. The maximum atomic E-state index is 11.1. The summed E-state index contributed by atoms with van der Waals surface area (Å²) in [5, 5.41) is 0. The first-order valence-electron chi connectivity index (χ1n) is 1.71. The molecule has 0 aliphatic heterocycles. The minimum Gasteiger partial charge on any atom is -0.284 e. The largest absolute Gasteiger partial charge is 0.454 e. The molecular weight excluding hydrogens is 178 g/mol. The monoisotopic (exact) mass is 180 g/mol. The van der Waals surface area contributed by atoms with Gasteiger partial charge in [-0.05, 0) is 0 Å². The molecule has 0 amide bonds. The Kier molecular flexibility index (Phi) is 3.52. The van der Waals surface area contributed by atoms with Gasteiger partial charge in [0, 0.05) is 8.27 Å². The molecule has 0 radical (unpaired) electrons. The van der Waals surface area contributed by atoms with Gasteiger partial charge in [0.2, 0.25) is 0 Å². The Morgan fingerprint density at radius 2 is 1.78 bits per heavy atom. The van der Waals surface area contributed by atoms with Gasteiger partial charge in [-0.3, -0.25) is 4.79 Å². The highest BCUT2D eigenvalue weighted by molar-refractivity contribution is 8.17. The third-order valence-corrected chi connectivity index (χ3v) is 1.99. The maximum absolute atomic E-state index is 11.1. The number of halogens is 4. The van der Waals surface area contributed by atoms with E-state index < -0.39 is 28.5 Å². The van der Waals surface area contributed by atoms with Crippen molar-refractivity contribution in [1.82, 2.24) is 0 Å². The van der Waals surface area contributed by atoms with Gasteiger partial charge in [0.25, 0.3) is 5.52 Å². The topological polar surface area (TPSA) is 17.1 Å². The molecule has 2 atom stereocenters. The molecule has 0 aliphatic carbocycles. The van der Waals surface area contributed by atoms with Crippen LogP contribution in [0.25, 0.3) is 0 Å². The lowest BCUT2D eigenvalue weighted by molar-refractivity contribution is -0.160. The van der Waals surface area contributed by atoms with Gasteiger partial charge < -0.3 is 0 Å². The number of hydrogen-bond acceptors (Lipinski definition) is 1. The molecule has 0 rings (SSSR count). The molecule has 0 aromatic carbocycles. The van der Waals surface area contributed by atoms with Gasteiger partial charge in [-0.1, -0.05) is 0 Å². The van der Waals surface area contributed by atoms with Crippen molar-refractivity contribution < 1.29 is 22.2 Å². The van der Waals surface area contributed by atoms with Gasteiger partial charge in [0.1, 0.15) is 0 Å². The summed E-state index contributed by atoms with van der Waals surface area (Å²) in [5.74, 6) is 0. The normalized spacial score (nSPS) is 14.2. The van der Waals surface area contributed by atoms with E-state index in [1.54, 1.807) is 0 Å². The first-order chi connectivity index (χ1) is 3.98. The number of hydrogen-bond donors (Lipinski definition) is 0. The molecule has 54 valence electrons. The van der Waals surface area contributed by atoms with E-state index in [4.69, 9.17) is 0 Å². The second kappa shape index (κ2) is 3.43. The third-order valence-electron chi connectivity index (χ3n) is 0.418. The summed E-state index contributed by atoms with van der Waals surface area (Å²) in [6, 6.07) is 0. The Balaban J connectivity index is 3.74. The molecule has 7 heteroatoms. The molecule has 0 N–H and O–H groups in total. The Morgan fingerprint density at radius 1 is 1.33 bits per heavy atom. The minimum absolute atomic E-state index is 1.26. The van der Waals surface area contributed by atoms with Gasteiger partial charge in [-0.2, -0.15) is 13.2 Å². The molecule has 0 bridgehead atoms. The van der Waals surface area contributed by atoms with Gasteiger partial charge in [0.05, 0.1) is 8.58 Å². The predicted molar refractivity (Wildman–Crippen MR) is 28.8 cm³/mol. The van der Waals surface area contributed by atoms with Crippen LogP contribution in [0.5, 0.6) is 0 Å². The summed E-state index contributed by atoms with van der Waals surface area (Å²) in [4.78, 5) is 9.72. The van der Waals surface area contributed by atoms with Crippen molar-refractivity contribution in [2.24, 2.45) is 0 Å². The molecule has 1 nitrogen and oxygen atoms in total. The first kappa shape index (κ1) is 9.25. The van der Waals surface area contributed by atoms with Crippen LogP contribution in [0, 0.1) is 0 Å². The van der Waals surface area contributed by atoms with E-state index in [9.17, 15) is 22.2 Å². The summed E-state index contributed by atoms with van der Waals surface area (Å²) >= 11 is 0. The van der Waals surface area contributed by atoms with Crippen LogP contribution in [0.15, 0.2) is 0 Å². The van der Waals surface area contributed by atoms with E-state index in [0.29, 0.717) is 0 Å². The fraction of sp³-hybridized carbons (Fsp3) is 0.500. The lowest BCUT2D eigenvalue weighted by atomic mass is 10.8. The van der Waals surface area contributed by atoms with Crippen molar-refractivity contribution in [2.75, 3.05) is 0 Å². The second-order valence-electron chi connectivity index (χ2n) is 1.05. The summed E-state index contributed by atoms with van der Waals surface area (Å²) < 4.78 is 44.5. The quantitative estimate of drug-likeness (QED) is 0.470.